The Hall–Kier alpha value is -0.800. The van der Waals surface area contributed by atoms with Gasteiger partial charge in [-0.05, 0) is 22.9 Å². The van der Waals surface area contributed by atoms with Gasteiger partial charge in [0.05, 0.1) is 0 Å². The zero-order valence-corrected chi connectivity index (χ0v) is 7.32. The number of hydrogen-bond donors (Lipinski definition) is 0. The molecule has 0 saturated carbocycles. The molecular formula is C8H6OS2. The maximum atomic E-state index is 5.48. The summed E-state index contributed by atoms with van der Waals surface area (Å²) in [6.45, 7) is 0. The quantitative estimate of drug-likeness (QED) is 0.689. The van der Waals surface area contributed by atoms with E-state index < -0.39 is 0 Å². The molecule has 0 aliphatic rings. The Morgan fingerprint density at radius 2 is 1.45 bits per heavy atom. The van der Waals surface area contributed by atoms with Crippen LogP contribution in [-0.2, 0) is 0 Å². The van der Waals surface area contributed by atoms with Gasteiger partial charge < -0.3 is 4.74 Å². The lowest BCUT2D eigenvalue weighted by molar-refractivity contribution is 0.487. The first-order chi connectivity index (χ1) is 5.45. The van der Waals surface area contributed by atoms with Crippen molar-refractivity contribution < 1.29 is 4.74 Å². The van der Waals surface area contributed by atoms with Crippen LogP contribution in [0.5, 0.6) is 11.5 Å². The van der Waals surface area contributed by atoms with Gasteiger partial charge in [0.2, 0.25) is 0 Å². The summed E-state index contributed by atoms with van der Waals surface area (Å²) in [4.78, 5) is 0. The third kappa shape index (κ3) is 1.61. The van der Waals surface area contributed by atoms with E-state index in [4.69, 9.17) is 4.74 Å². The minimum atomic E-state index is 0.924. The molecule has 11 heavy (non-hydrogen) atoms. The van der Waals surface area contributed by atoms with Gasteiger partial charge in [-0.3, -0.25) is 0 Å². The summed E-state index contributed by atoms with van der Waals surface area (Å²) in [6.07, 6.45) is 0. The van der Waals surface area contributed by atoms with Crippen LogP contribution in [0.15, 0.2) is 33.7 Å². The first kappa shape index (κ1) is 6.88. The van der Waals surface area contributed by atoms with E-state index in [-0.39, 0.29) is 0 Å². The third-order valence-corrected chi connectivity index (χ3v) is 2.55. The van der Waals surface area contributed by atoms with Crippen molar-refractivity contribution in [2.24, 2.45) is 0 Å². The minimum absolute atomic E-state index is 0.924. The molecule has 2 heterocycles. The maximum Gasteiger partial charge on any atom is 0.138 e. The third-order valence-electron chi connectivity index (χ3n) is 1.23. The monoisotopic (exact) mass is 182 g/mol. The van der Waals surface area contributed by atoms with E-state index in [1.165, 1.54) is 0 Å². The van der Waals surface area contributed by atoms with E-state index in [9.17, 15) is 0 Å². The highest BCUT2D eigenvalue weighted by atomic mass is 32.1. The molecule has 2 aromatic rings. The van der Waals surface area contributed by atoms with Gasteiger partial charge in [-0.25, -0.2) is 0 Å². The highest BCUT2D eigenvalue weighted by molar-refractivity contribution is 7.08. The zero-order chi connectivity index (χ0) is 7.52. The van der Waals surface area contributed by atoms with Gasteiger partial charge in [-0.1, -0.05) is 0 Å². The Kier molecular flexibility index (Phi) is 1.92. The minimum Gasteiger partial charge on any atom is -0.456 e. The summed E-state index contributed by atoms with van der Waals surface area (Å²) in [5.41, 5.74) is 0. The zero-order valence-electron chi connectivity index (χ0n) is 5.69. The van der Waals surface area contributed by atoms with E-state index in [0.717, 1.165) is 11.5 Å². The Morgan fingerprint density at radius 3 is 1.82 bits per heavy atom. The summed E-state index contributed by atoms with van der Waals surface area (Å²) in [7, 11) is 0. The first-order valence-electron chi connectivity index (χ1n) is 3.17. The number of thiophene rings is 2. The molecule has 3 heteroatoms. The predicted octanol–water partition coefficient (Wildman–Crippen LogP) is 3.60. The Bertz CT molecular complexity index is 264. The fraction of sp³-hybridized carbons (Fsp3) is 0. The topological polar surface area (TPSA) is 9.23 Å². The highest BCUT2D eigenvalue weighted by Gasteiger charge is 1.95. The summed E-state index contributed by atoms with van der Waals surface area (Å²) in [6, 6.07) is 3.92. The lowest BCUT2D eigenvalue weighted by Crippen LogP contribution is -1.75. The van der Waals surface area contributed by atoms with Gasteiger partial charge in [0.15, 0.2) is 0 Å². The van der Waals surface area contributed by atoms with E-state index in [0.29, 0.717) is 0 Å². The molecule has 0 atom stereocenters. The molecule has 0 N–H and O–H groups in total. The Labute approximate surface area is 72.9 Å². The number of ether oxygens (including phenoxy) is 1. The second-order valence-electron chi connectivity index (χ2n) is 2.02. The van der Waals surface area contributed by atoms with Crippen LogP contribution >= 0.6 is 22.7 Å². The normalized spacial score (nSPS) is 9.82. The molecule has 0 aliphatic heterocycles. The van der Waals surface area contributed by atoms with Crippen molar-refractivity contribution in [2.75, 3.05) is 0 Å². The maximum absolute atomic E-state index is 5.48. The fourth-order valence-corrected chi connectivity index (χ4v) is 1.86. The molecule has 0 saturated heterocycles. The second-order valence-corrected chi connectivity index (χ2v) is 3.58. The van der Waals surface area contributed by atoms with E-state index in [2.05, 4.69) is 0 Å². The lowest BCUT2D eigenvalue weighted by atomic mass is 10.5. The van der Waals surface area contributed by atoms with E-state index in [1.54, 1.807) is 22.7 Å². The predicted molar refractivity (Wildman–Crippen MR) is 48.7 cm³/mol. The van der Waals surface area contributed by atoms with E-state index in [1.807, 2.05) is 33.7 Å². The van der Waals surface area contributed by atoms with Crippen LogP contribution in [0.1, 0.15) is 0 Å². The van der Waals surface area contributed by atoms with Crippen molar-refractivity contribution in [3.8, 4) is 11.5 Å². The van der Waals surface area contributed by atoms with Crippen molar-refractivity contribution in [3.05, 3.63) is 33.7 Å². The Balaban J connectivity index is 2.14. The van der Waals surface area contributed by atoms with Gasteiger partial charge in [-0.2, -0.15) is 0 Å². The average molecular weight is 182 g/mol. The van der Waals surface area contributed by atoms with Crippen LogP contribution in [0, 0.1) is 0 Å². The molecule has 0 aromatic carbocycles. The standard InChI is InChI=1S/C8H6OS2/c1-3-10-5-7(1)9-8-2-4-11-6-8/h1-6H. The molecule has 2 aromatic heterocycles. The SMILES string of the molecule is c1cc(Oc2ccsc2)cs1. The molecule has 0 bridgehead atoms. The molecule has 0 amide bonds. The Morgan fingerprint density at radius 1 is 0.909 bits per heavy atom. The van der Waals surface area contributed by atoms with Gasteiger partial charge in [-0.15, -0.1) is 22.7 Å². The van der Waals surface area contributed by atoms with Gasteiger partial charge in [0.1, 0.15) is 11.5 Å². The molecule has 0 fully saturated rings. The molecule has 0 unspecified atom stereocenters. The highest BCUT2D eigenvalue weighted by Crippen LogP contribution is 2.24. The molecule has 0 radical (unpaired) electrons. The summed E-state index contributed by atoms with van der Waals surface area (Å²) < 4.78 is 5.48. The molecule has 56 valence electrons. The first-order valence-corrected chi connectivity index (χ1v) is 5.06. The molecule has 2 rings (SSSR count). The molecule has 0 aliphatic carbocycles. The smallest absolute Gasteiger partial charge is 0.138 e. The van der Waals surface area contributed by atoms with Crippen molar-refractivity contribution in [2.45, 2.75) is 0 Å². The van der Waals surface area contributed by atoms with Gasteiger partial charge in [0, 0.05) is 10.8 Å². The molecule has 0 spiro atoms. The second kappa shape index (κ2) is 3.07. The molecular weight excluding hydrogens is 176 g/mol. The number of hydrogen-bond acceptors (Lipinski definition) is 3. The largest absolute Gasteiger partial charge is 0.456 e. The van der Waals surface area contributed by atoms with Crippen LogP contribution in [0.2, 0.25) is 0 Å². The summed E-state index contributed by atoms with van der Waals surface area (Å²) in [5, 5.41) is 7.97. The van der Waals surface area contributed by atoms with Crippen LogP contribution < -0.4 is 4.74 Å². The summed E-state index contributed by atoms with van der Waals surface area (Å²) >= 11 is 3.28. The van der Waals surface area contributed by atoms with Crippen molar-refractivity contribution in [1.29, 1.82) is 0 Å². The van der Waals surface area contributed by atoms with Crippen molar-refractivity contribution >= 4 is 22.7 Å². The van der Waals surface area contributed by atoms with Crippen LogP contribution in [0.25, 0.3) is 0 Å². The van der Waals surface area contributed by atoms with Crippen LogP contribution in [0.3, 0.4) is 0 Å². The van der Waals surface area contributed by atoms with Crippen LogP contribution in [-0.4, -0.2) is 0 Å². The molecule has 1 nitrogen and oxygen atoms in total. The van der Waals surface area contributed by atoms with E-state index >= 15 is 0 Å². The van der Waals surface area contributed by atoms with Gasteiger partial charge in [0.25, 0.3) is 0 Å². The van der Waals surface area contributed by atoms with Crippen LogP contribution in [0.4, 0.5) is 0 Å². The fourth-order valence-electron chi connectivity index (χ4n) is 0.756. The summed E-state index contributed by atoms with van der Waals surface area (Å²) in [5.74, 6) is 1.85. The lowest BCUT2D eigenvalue weighted by Gasteiger charge is -1.96. The average Bonchev–Trinajstić information content (AvgIpc) is 2.60. The van der Waals surface area contributed by atoms with Crippen molar-refractivity contribution in [1.82, 2.24) is 0 Å². The number of rotatable bonds is 2. The van der Waals surface area contributed by atoms with Gasteiger partial charge >= 0.3 is 0 Å². The van der Waals surface area contributed by atoms with Crippen molar-refractivity contribution in [3.63, 3.8) is 0 Å².